The fraction of sp³-hybridized carbons (Fsp3) is 0.238. The number of hydrogen-bond acceptors (Lipinski definition) is 4. The summed E-state index contributed by atoms with van der Waals surface area (Å²) in [6.45, 7) is 2.13. The number of nitrogens with zero attached hydrogens (tertiary/aromatic N) is 1. The van der Waals surface area contributed by atoms with Crippen molar-refractivity contribution in [1.82, 2.24) is 4.98 Å². The normalized spacial score (nSPS) is 11.7. The van der Waals surface area contributed by atoms with Crippen LogP contribution in [-0.4, -0.2) is 24.7 Å². The molecule has 1 heterocycles. The lowest BCUT2D eigenvalue weighted by Crippen LogP contribution is -2.12. The molecule has 1 N–H and O–H groups in total. The highest BCUT2D eigenvalue weighted by Crippen LogP contribution is 2.37. The zero-order valence-electron chi connectivity index (χ0n) is 14.8. The van der Waals surface area contributed by atoms with Crippen molar-refractivity contribution >= 4 is 16.9 Å². The second-order valence-corrected chi connectivity index (χ2v) is 5.93. The van der Waals surface area contributed by atoms with Gasteiger partial charge in [-0.25, -0.2) is 0 Å². The van der Waals surface area contributed by atoms with Gasteiger partial charge in [-0.1, -0.05) is 30.3 Å². The van der Waals surface area contributed by atoms with E-state index in [-0.39, 0.29) is 18.3 Å². The average molecular weight is 348 g/mol. The monoisotopic (exact) mass is 348 g/mol. The van der Waals surface area contributed by atoms with Gasteiger partial charge in [0.1, 0.15) is 11.8 Å². The van der Waals surface area contributed by atoms with Crippen LogP contribution in [0.15, 0.2) is 48.7 Å². The van der Waals surface area contributed by atoms with Crippen LogP contribution in [0.4, 0.5) is 0 Å². The maximum atomic E-state index is 12.3. The first-order valence-corrected chi connectivity index (χ1v) is 8.47. The SMILES string of the molecule is CCOC(=O)CC(c1ccccc1)c1cc(OC)cc2[nH]cc(C#N)c12. The summed E-state index contributed by atoms with van der Waals surface area (Å²) in [5, 5.41) is 10.3. The molecule has 1 unspecified atom stereocenters. The topological polar surface area (TPSA) is 75.1 Å². The van der Waals surface area contributed by atoms with Crippen LogP contribution in [0.1, 0.15) is 36.0 Å². The second-order valence-electron chi connectivity index (χ2n) is 5.93. The zero-order valence-corrected chi connectivity index (χ0v) is 14.8. The molecule has 5 heteroatoms. The van der Waals surface area contributed by atoms with Crippen molar-refractivity contribution in [2.75, 3.05) is 13.7 Å². The van der Waals surface area contributed by atoms with Gasteiger partial charge in [0.15, 0.2) is 0 Å². The molecule has 1 atom stereocenters. The first kappa shape index (κ1) is 17.6. The molecule has 5 nitrogen and oxygen atoms in total. The Bertz CT molecular complexity index is 955. The quantitative estimate of drug-likeness (QED) is 0.680. The lowest BCUT2D eigenvalue weighted by Gasteiger charge is -2.19. The Balaban J connectivity index is 2.21. The van der Waals surface area contributed by atoms with E-state index >= 15 is 0 Å². The van der Waals surface area contributed by atoms with Crippen molar-refractivity contribution in [3.63, 3.8) is 0 Å². The molecule has 0 aliphatic rings. The van der Waals surface area contributed by atoms with E-state index in [0.29, 0.717) is 17.9 Å². The molecule has 0 saturated heterocycles. The molecule has 1 aromatic heterocycles. The van der Waals surface area contributed by atoms with Gasteiger partial charge < -0.3 is 14.5 Å². The van der Waals surface area contributed by atoms with Crippen molar-refractivity contribution in [3.05, 3.63) is 65.4 Å². The molecule has 0 aliphatic heterocycles. The van der Waals surface area contributed by atoms with Gasteiger partial charge in [0.05, 0.1) is 31.2 Å². The van der Waals surface area contributed by atoms with Crippen LogP contribution in [-0.2, 0) is 9.53 Å². The van der Waals surface area contributed by atoms with Crippen LogP contribution in [0.25, 0.3) is 10.9 Å². The molecule has 0 saturated carbocycles. The van der Waals surface area contributed by atoms with Crippen molar-refractivity contribution in [3.8, 4) is 11.8 Å². The largest absolute Gasteiger partial charge is 0.497 e. The summed E-state index contributed by atoms with van der Waals surface area (Å²) >= 11 is 0. The fourth-order valence-electron chi connectivity index (χ4n) is 3.23. The van der Waals surface area contributed by atoms with Gasteiger partial charge in [0, 0.05) is 23.6 Å². The number of methoxy groups -OCH3 is 1. The minimum absolute atomic E-state index is 0.191. The van der Waals surface area contributed by atoms with Crippen LogP contribution in [0, 0.1) is 11.3 Å². The Labute approximate surface area is 152 Å². The predicted molar refractivity (Wildman–Crippen MR) is 99.1 cm³/mol. The third-order valence-electron chi connectivity index (χ3n) is 4.39. The number of rotatable bonds is 6. The number of carbonyl (C=O) groups is 1. The lowest BCUT2D eigenvalue weighted by molar-refractivity contribution is -0.143. The second kappa shape index (κ2) is 7.75. The number of ether oxygens (including phenoxy) is 2. The summed E-state index contributed by atoms with van der Waals surface area (Å²) in [4.78, 5) is 15.4. The molecule has 2 aromatic carbocycles. The number of aromatic nitrogens is 1. The number of nitriles is 1. The molecule has 26 heavy (non-hydrogen) atoms. The molecular formula is C21H20N2O3. The minimum Gasteiger partial charge on any atom is -0.497 e. The van der Waals surface area contributed by atoms with Gasteiger partial charge in [-0.2, -0.15) is 5.26 Å². The Kier molecular flexibility index (Phi) is 5.23. The number of benzene rings is 2. The van der Waals surface area contributed by atoms with Crippen LogP contribution in [0.3, 0.4) is 0 Å². The van der Waals surface area contributed by atoms with E-state index in [2.05, 4.69) is 11.1 Å². The Hall–Kier alpha value is -3.26. The lowest BCUT2D eigenvalue weighted by atomic mass is 9.85. The third kappa shape index (κ3) is 3.40. The number of fused-ring (bicyclic) bond motifs is 1. The van der Waals surface area contributed by atoms with E-state index < -0.39 is 0 Å². The number of H-pyrrole nitrogens is 1. The van der Waals surface area contributed by atoms with E-state index in [1.165, 1.54) is 0 Å². The van der Waals surface area contributed by atoms with Crippen LogP contribution in [0.2, 0.25) is 0 Å². The zero-order chi connectivity index (χ0) is 18.5. The maximum absolute atomic E-state index is 12.3. The number of aromatic amines is 1. The maximum Gasteiger partial charge on any atom is 0.306 e. The molecule has 3 aromatic rings. The molecule has 3 rings (SSSR count). The average Bonchev–Trinajstić information content (AvgIpc) is 3.09. The molecule has 0 fully saturated rings. The highest BCUT2D eigenvalue weighted by Gasteiger charge is 2.24. The number of esters is 1. The smallest absolute Gasteiger partial charge is 0.306 e. The summed E-state index contributed by atoms with van der Waals surface area (Å²) in [6.07, 6.45) is 1.87. The van der Waals surface area contributed by atoms with Gasteiger partial charge in [0.25, 0.3) is 0 Å². The summed E-state index contributed by atoms with van der Waals surface area (Å²) in [5.41, 5.74) is 3.21. The van der Waals surface area contributed by atoms with E-state index in [1.807, 2.05) is 42.5 Å². The first-order chi connectivity index (χ1) is 12.7. The summed E-state index contributed by atoms with van der Waals surface area (Å²) < 4.78 is 10.6. The molecule has 0 radical (unpaired) electrons. The third-order valence-corrected chi connectivity index (χ3v) is 4.39. The highest BCUT2D eigenvalue weighted by molar-refractivity contribution is 5.91. The van der Waals surface area contributed by atoms with E-state index in [4.69, 9.17) is 9.47 Å². The van der Waals surface area contributed by atoms with Gasteiger partial charge >= 0.3 is 5.97 Å². The van der Waals surface area contributed by atoms with Crippen molar-refractivity contribution in [2.24, 2.45) is 0 Å². The molecule has 0 spiro atoms. The fourth-order valence-corrected chi connectivity index (χ4v) is 3.23. The van der Waals surface area contributed by atoms with Crippen molar-refractivity contribution < 1.29 is 14.3 Å². The summed E-state index contributed by atoms with van der Waals surface area (Å²) in [7, 11) is 1.60. The Morgan fingerprint density at radius 3 is 2.69 bits per heavy atom. The Morgan fingerprint density at radius 1 is 1.27 bits per heavy atom. The Morgan fingerprint density at radius 2 is 2.04 bits per heavy atom. The standard InChI is InChI=1S/C21H20N2O3/c1-3-26-20(24)11-17(14-7-5-4-6-8-14)18-9-16(25-2)10-19-21(18)15(12-22)13-23-19/h4-10,13,17,23H,3,11H2,1-2H3. The molecule has 0 bridgehead atoms. The number of hydrogen-bond donors (Lipinski definition) is 1. The molecule has 132 valence electrons. The van der Waals surface area contributed by atoms with Gasteiger partial charge in [-0.15, -0.1) is 0 Å². The number of carbonyl (C=O) groups excluding carboxylic acids is 1. The van der Waals surface area contributed by atoms with Crippen LogP contribution in [0.5, 0.6) is 5.75 Å². The molecule has 0 aliphatic carbocycles. The van der Waals surface area contributed by atoms with Gasteiger partial charge in [-0.3, -0.25) is 4.79 Å². The first-order valence-electron chi connectivity index (χ1n) is 8.47. The highest BCUT2D eigenvalue weighted by atomic mass is 16.5. The predicted octanol–water partition coefficient (Wildman–Crippen LogP) is 4.13. The van der Waals surface area contributed by atoms with E-state index in [9.17, 15) is 10.1 Å². The summed E-state index contributed by atoms with van der Waals surface area (Å²) in [5.74, 6) is 0.158. The number of nitrogens with one attached hydrogen (secondary N) is 1. The van der Waals surface area contributed by atoms with Gasteiger partial charge in [-0.05, 0) is 24.1 Å². The van der Waals surface area contributed by atoms with Crippen molar-refractivity contribution in [1.29, 1.82) is 5.26 Å². The van der Waals surface area contributed by atoms with Crippen LogP contribution >= 0.6 is 0 Å². The molecular weight excluding hydrogens is 328 g/mol. The minimum atomic E-state index is -0.272. The van der Waals surface area contributed by atoms with E-state index in [0.717, 1.165) is 22.0 Å². The van der Waals surface area contributed by atoms with Gasteiger partial charge in [0.2, 0.25) is 0 Å². The van der Waals surface area contributed by atoms with Crippen LogP contribution < -0.4 is 4.74 Å². The van der Waals surface area contributed by atoms with E-state index in [1.54, 1.807) is 20.2 Å². The van der Waals surface area contributed by atoms with Crippen molar-refractivity contribution in [2.45, 2.75) is 19.3 Å². The summed E-state index contributed by atoms with van der Waals surface area (Å²) in [6, 6.07) is 15.7. The molecule has 0 amide bonds.